The van der Waals surface area contributed by atoms with Crippen LogP contribution in [0.2, 0.25) is 0 Å². The average molecular weight is 355 g/mol. The van der Waals surface area contributed by atoms with Crippen LogP contribution in [0.3, 0.4) is 0 Å². The molecule has 0 bridgehead atoms. The fourth-order valence-electron chi connectivity index (χ4n) is 3.89. The molecule has 2 aliphatic heterocycles. The van der Waals surface area contributed by atoms with Gasteiger partial charge in [0.25, 0.3) is 5.91 Å². The summed E-state index contributed by atoms with van der Waals surface area (Å²) in [5.41, 5.74) is 1.94. The maximum Gasteiger partial charge on any atom is 0.255 e. The molecule has 0 aromatic heterocycles. The zero-order chi connectivity index (χ0) is 18.4. The predicted octanol–water partition coefficient (Wildman–Crippen LogP) is 1.43. The molecular formula is C19H21N3O4. The van der Waals surface area contributed by atoms with Gasteiger partial charge in [0.1, 0.15) is 6.04 Å². The molecular weight excluding hydrogens is 334 g/mol. The number of fused-ring (bicyclic) bond motifs is 1. The minimum Gasteiger partial charge on any atom is -0.326 e. The molecule has 7 nitrogen and oxygen atoms in total. The predicted molar refractivity (Wildman–Crippen MR) is 93.0 cm³/mol. The van der Waals surface area contributed by atoms with Crippen molar-refractivity contribution in [2.75, 3.05) is 5.32 Å². The Labute approximate surface area is 151 Å². The van der Waals surface area contributed by atoms with Crippen LogP contribution >= 0.6 is 0 Å². The molecule has 1 saturated heterocycles. The highest BCUT2D eigenvalue weighted by molar-refractivity contribution is 6.06. The second-order valence-corrected chi connectivity index (χ2v) is 7.27. The van der Waals surface area contributed by atoms with Gasteiger partial charge in [-0.05, 0) is 36.5 Å². The minimum atomic E-state index is -0.623. The van der Waals surface area contributed by atoms with E-state index in [0.29, 0.717) is 30.1 Å². The van der Waals surface area contributed by atoms with Gasteiger partial charge in [-0.2, -0.15) is 0 Å². The standard InChI is InChI=1S/C19H21N3O4/c1-2-10-7-13(10)17(24)20-12-4-3-11-9-22(19(26)14(11)8-12)15-5-6-16(23)21-18(15)25/h3-4,8,10,13,15H,2,5-7,9H2,1H3,(H,20,24)(H,21,23,25)/t10-,13-,15?/m1/s1. The number of carbonyl (C=O) groups is 4. The Hall–Kier alpha value is -2.70. The molecule has 136 valence electrons. The van der Waals surface area contributed by atoms with E-state index < -0.39 is 11.9 Å². The van der Waals surface area contributed by atoms with Gasteiger partial charge in [-0.1, -0.05) is 19.4 Å². The number of imide groups is 1. The van der Waals surface area contributed by atoms with Gasteiger partial charge in [-0.15, -0.1) is 0 Å². The van der Waals surface area contributed by atoms with E-state index in [9.17, 15) is 19.2 Å². The number of benzene rings is 1. The van der Waals surface area contributed by atoms with Crippen molar-refractivity contribution >= 4 is 29.3 Å². The Morgan fingerprint density at radius 3 is 2.81 bits per heavy atom. The van der Waals surface area contributed by atoms with Crippen molar-refractivity contribution in [1.29, 1.82) is 0 Å². The van der Waals surface area contributed by atoms with E-state index in [1.807, 2.05) is 6.07 Å². The van der Waals surface area contributed by atoms with E-state index in [-0.39, 0.29) is 30.1 Å². The first-order chi connectivity index (χ1) is 12.5. The molecule has 3 atom stereocenters. The summed E-state index contributed by atoms with van der Waals surface area (Å²) >= 11 is 0. The summed E-state index contributed by atoms with van der Waals surface area (Å²) < 4.78 is 0. The van der Waals surface area contributed by atoms with Gasteiger partial charge in [-0.3, -0.25) is 24.5 Å². The van der Waals surface area contributed by atoms with Crippen molar-refractivity contribution in [3.05, 3.63) is 29.3 Å². The van der Waals surface area contributed by atoms with Crippen molar-refractivity contribution in [3.63, 3.8) is 0 Å². The molecule has 4 rings (SSSR count). The number of rotatable bonds is 4. The Kier molecular flexibility index (Phi) is 4.01. The van der Waals surface area contributed by atoms with Crippen LogP contribution in [0, 0.1) is 11.8 Å². The quantitative estimate of drug-likeness (QED) is 0.799. The lowest BCUT2D eigenvalue weighted by molar-refractivity contribution is -0.137. The van der Waals surface area contributed by atoms with Crippen molar-refractivity contribution < 1.29 is 19.2 Å². The van der Waals surface area contributed by atoms with Crippen molar-refractivity contribution in [3.8, 4) is 0 Å². The summed E-state index contributed by atoms with van der Waals surface area (Å²) in [6, 6.07) is 4.67. The number of anilines is 1. The van der Waals surface area contributed by atoms with Crippen LogP contribution in [-0.4, -0.2) is 34.6 Å². The lowest BCUT2D eigenvalue weighted by Crippen LogP contribution is -2.52. The van der Waals surface area contributed by atoms with E-state index in [0.717, 1.165) is 18.4 Å². The molecule has 3 aliphatic rings. The first-order valence-corrected chi connectivity index (χ1v) is 9.06. The van der Waals surface area contributed by atoms with Crippen LogP contribution in [0.15, 0.2) is 18.2 Å². The Bertz CT molecular complexity index is 819. The zero-order valence-corrected chi connectivity index (χ0v) is 14.6. The Morgan fingerprint density at radius 2 is 2.12 bits per heavy atom. The van der Waals surface area contributed by atoms with Crippen molar-refractivity contribution in [2.24, 2.45) is 11.8 Å². The van der Waals surface area contributed by atoms with Gasteiger partial charge in [-0.25, -0.2) is 0 Å². The lowest BCUT2D eigenvalue weighted by atomic mass is 10.0. The Morgan fingerprint density at radius 1 is 1.31 bits per heavy atom. The molecule has 1 unspecified atom stereocenters. The van der Waals surface area contributed by atoms with E-state index in [1.54, 1.807) is 12.1 Å². The van der Waals surface area contributed by atoms with Crippen molar-refractivity contribution in [2.45, 2.75) is 45.2 Å². The summed E-state index contributed by atoms with van der Waals surface area (Å²) in [4.78, 5) is 49.8. The lowest BCUT2D eigenvalue weighted by Gasteiger charge is -2.29. The fraction of sp³-hybridized carbons (Fsp3) is 0.474. The molecule has 1 aliphatic carbocycles. The van der Waals surface area contributed by atoms with E-state index >= 15 is 0 Å². The molecule has 26 heavy (non-hydrogen) atoms. The van der Waals surface area contributed by atoms with Gasteiger partial charge < -0.3 is 10.2 Å². The maximum atomic E-state index is 12.8. The molecule has 1 aromatic carbocycles. The molecule has 0 radical (unpaired) electrons. The van der Waals surface area contributed by atoms with Crippen LogP contribution in [0.4, 0.5) is 5.69 Å². The van der Waals surface area contributed by atoms with E-state index in [1.165, 1.54) is 4.90 Å². The molecule has 0 spiro atoms. The second kappa shape index (κ2) is 6.23. The van der Waals surface area contributed by atoms with Crippen LogP contribution in [0.5, 0.6) is 0 Å². The normalized spacial score (nSPS) is 27.2. The highest BCUT2D eigenvalue weighted by Gasteiger charge is 2.42. The number of hydrogen-bond acceptors (Lipinski definition) is 4. The third-order valence-corrected chi connectivity index (χ3v) is 5.58. The SMILES string of the molecule is CC[C@@H]1C[C@H]1C(=O)Nc1ccc2c(c1)C(=O)N(C1CCC(=O)NC1=O)C2. The maximum absolute atomic E-state index is 12.8. The largest absolute Gasteiger partial charge is 0.326 e. The minimum absolute atomic E-state index is 0.00396. The van der Waals surface area contributed by atoms with Gasteiger partial charge >= 0.3 is 0 Å². The molecule has 2 fully saturated rings. The highest BCUT2D eigenvalue weighted by Crippen LogP contribution is 2.41. The molecule has 4 amide bonds. The first kappa shape index (κ1) is 16.8. The van der Waals surface area contributed by atoms with Crippen molar-refractivity contribution in [1.82, 2.24) is 10.2 Å². The summed E-state index contributed by atoms with van der Waals surface area (Å²) in [6.45, 7) is 2.42. The van der Waals surface area contributed by atoms with Crippen LogP contribution in [-0.2, 0) is 20.9 Å². The second-order valence-electron chi connectivity index (χ2n) is 7.27. The highest BCUT2D eigenvalue weighted by atomic mass is 16.2. The third-order valence-electron chi connectivity index (χ3n) is 5.58. The number of piperidine rings is 1. The Balaban J connectivity index is 1.48. The number of nitrogens with zero attached hydrogens (tertiary/aromatic N) is 1. The molecule has 7 heteroatoms. The number of amides is 4. The average Bonchev–Trinajstić information content (AvgIpc) is 3.34. The summed E-state index contributed by atoms with van der Waals surface area (Å²) in [6.07, 6.45) is 2.50. The molecule has 2 heterocycles. The van der Waals surface area contributed by atoms with Gasteiger partial charge in [0.2, 0.25) is 17.7 Å². The summed E-state index contributed by atoms with van der Waals surface area (Å²) in [7, 11) is 0. The number of nitrogens with one attached hydrogen (secondary N) is 2. The summed E-state index contributed by atoms with van der Waals surface area (Å²) in [5.74, 6) is -0.410. The fourth-order valence-corrected chi connectivity index (χ4v) is 3.89. The van der Waals surface area contributed by atoms with Gasteiger partial charge in [0, 0.05) is 30.1 Å². The van der Waals surface area contributed by atoms with E-state index in [2.05, 4.69) is 17.6 Å². The molecule has 1 saturated carbocycles. The number of carbonyl (C=O) groups excluding carboxylic acids is 4. The third kappa shape index (κ3) is 2.87. The van der Waals surface area contributed by atoms with E-state index in [4.69, 9.17) is 0 Å². The first-order valence-electron chi connectivity index (χ1n) is 9.06. The van der Waals surface area contributed by atoms with Gasteiger partial charge in [0.05, 0.1) is 0 Å². The zero-order valence-electron chi connectivity index (χ0n) is 14.6. The monoisotopic (exact) mass is 355 g/mol. The van der Waals surface area contributed by atoms with Crippen LogP contribution in [0.25, 0.3) is 0 Å². The summed E-state index contributed by atoms with van der Waals surface area (Å²) in [5, 5.41) is 5.19. The molecule has 2 N–H and O–H groups in total. The molecule has 1 aromatic rings. The topological polar surface area (TPSA) is 95.6 Å². The smallest absolute Gasteiger partial charge is 0.255 e. The van der Waals surface area contributed by atoms with Gasteiger partial charge in [0.15, 0.2) is 0 Å². The van der Waals surface area contributed by atoms with Crippen LogP contribution in [0.1, 0.15) is 48.5 Å². The number of hydrogen-bond donors (Lipinski definition) is 2. The van der Waals surface area contributed by atoms with Crippen LogP contribution < -0.4 is 10.6 Å².